The van der Waals surface area contributed by atoms with Gasteiger partial charge >= 0.3 is 5.97 Å². The summed E-state index contributed by atoms with van der Waals surface area (Å²) in [6.45, 7) is 11.1. The second-order valence-electron chi connectivity index (χ2n) is 7.43. The number of hydrogen-bond donors (Lipinski definition) is 0. The van der Waals surface area contributed by atoms with E-state index in [0.29, 0.717) is 36.1 Å². The molecule has 27 heavy (non-hydrogen) atoms. The molecular formula is C18H24N6O3. The molecule has 3 aromatic rings. The summed E-state index contributed by atoms with van der Waals surface area (Å²) in [5, 5.41) is 8.78. The molecule has 0 saturated heterocycles. The lowest BCUT2D eigenvalue weighted by Gasteiger charge is -2.18. The van der Waals surface area contributed by atoms with E-state index in [4.69, 9.17) is 9.47 Å². The van der Waals surface area contributed by atoms with Crippen molar-refractivity contribution in [2.75, 3.05) is 13.7 Å². The number of aromatic nitrogens is 6. The van der Waals surface area contributed by atoms with Crippen molar-refractivity contribution in [3.05, 3.63) is 23.7 Å². The lowest BCUT2D eigenvalue weighted by molar-refractivity contribution is 0.0526. The summed E-state index contributed by atoms with van der Waals surface area (Å²) in [5.74, 6) is 0.271. The zero-order valence-electron chi connectivity index (χ0n) is 16.5. The Morgan fingerprint density at radius 1 is 1.26 bits per heavy atom. The van der Waals surface area contributed by atoms with Crippen molar-refractivity contribution in [2.45, 2.75) is 41.2 Å². The molecule has 0 aliphatic heterocycles. The number of carbonyl (C=O) groups excluding carboxylic acids is 1. The molecule has 0 radical (unpaired) electrons. The maximum absolute atomic E-state index is 11.9. The number of methoxy groups -OCH3 is 1. The first-order chi connectivity index (χ1) is 12.7. The first kappa shape index (κ1) is 18.8. The lowest BCUT2D eigenvalue weighted by Crippen LogP contribution is -2.17. The average Bonchev–Trinajstić information content (AvgIpc) is 3.19. The summed E-state index contributed by atoms with van der Waals surface area (Å²) in [5.41, 5.74) is 2.57. The van der Waals surface area contributed by atoms with Crippen molar-refractivity contribution < 1.29 is 14.3 Å². The first-order valence-corrected chi connectivity index (χ1v) is 8.75. The summed E-state index contributed by atoms with van der Waals surface area (Å²) in [6.07, 6.45) is 2.96. The third-order valence-electron chi connectivity index (χ3n) is 3.83. The van der Waals surface area contributed by atoms with Crippen LogP contribution in [0.5, 0.6) is 5.88 Å². The molecule has 0 aliphatic carbocycles. The molecule has 144 valence electrons. The van der Waals surface area contributed by atoms with Crippen molar-refractivity contribution in [3.63, 3.8) is 0 Å². The molecule has 9 nitrogen and oxygen atoms in total. The molecule has 0 fully saturated rings. The molecule has 0 spiro atoms. The second kappa shape index (κ2) is 6.98. The van der Waals surface area contributed by atoms with Crippen LogP contribution in [0.3, 0.4) is 0 Å². The summed E-state index contributed by atoms with van der Waals surface area (Å²) in [4.78, 5) is 20.9. The van der Waals surface area contributed by atoms with Gasteiger partial charge in [-0.2, -0.15) is 15.2 Å². The molecule has 0 aromatic carbocycles. The van der Waals surface area contributed by atoms with Crippen molar-refractivity contribution in [1.29, 1.82) is 0 Å². The highest BCUT2D eigenvalue weighted by atomic mass is 16.5. The highest BCUT2D eigenvalue weighted by Gasteiger charge is 2.22. The van der Waals surface area contributed by atoms with Crippen LogP contribution in [0.15, 0.2) is 12.4 Å². The number of rotatable bonds is 5. The molecule has 3 aromatic heterocycles. The van der Waals surface area contributed by atoms with Crippen LogP contribution in [0.2, 0.25) is 0 Å². The average molecular weight is 372 g/mol. The Kier molecular flexibility index (Phi) is 4.86. The van der Waals surface area contributed by atoms with Gasteiger partial charge in [-0.05, 0) is 19.3 Å². The fourth-order valence-corrected chi connectivity index (χ4v) is 2.75. The van der Waals surface area contributed by atoms with Gasteiger partial charge < -0.3 is 9.47 Å². The minimum Gasteiger partial charge on any atom is -0.479 e. The molecule has 0 atom stereocenters. The van der Waals surface area contributed by atoms with E-state index >= 15 is 0 Å². The Morgan fingerprint density at radius 2 is 2.00 bits per heavy atom. The molecule has 3 heterocycles. The fraction of sp³-hybridized carbons (Fsp3) is 0.500. The van der Waals surface area contributed by atoms with Crippen LogP contribution in [-0.4, -0.2) is 49.2 Å². The zero-order valence-corrected chi connectivity index (χ0v) is 16.5. The molecule has 0 unspecified atom stereocenters. The topological polar surface area (TPSA) is 96.9 Å². The summed E-state index contributed by atoms with van der Waals surface area (Å²) in [7, 11) is 1.56. The normalized spacial score (nSPS) is 11.8. The van der Waals surface area contributed by atoms with Crippen molar-refractivity contribution >= 4 is 17.0 Å². The summed E-state index contributed by atoms with van der Waals surface area (Å²) < 4.78 is 13.8. The smallest absolute Gasteiger partial charge is 0.341 e. The molecule has 0 N–H and O–H groups in total. The minimum absolute atomic E-state index is 0.0333. The predicted octanol–water partition coefficient (Wildman–Crippen LogP) is 2.55. The molecule has 3 rings (SSSR count). The fourth-order valence-electron chi connectivity index (χ4n) is 2.75. The van der Waals surface area contributed by atoms with Crippen LogP contribution in [0.4, 0.5) is 0 Å². The Bertz CT molecular complexity index is 983. The largest absolute Gasteiger partial charge is 0.479 e. The van der Waals surface area contributed by atoms with E-state index in [0.717, 1.165) is 11.2 Å². The molecule has 0 aliphatic rings. The van der Waals surface area contributed by atoms with Gasteiger partial charge in [0.2, 0.25) is 5.88 Å². The van der Waals surface area contributed by atoms with Gasteiger partial charge in [0.05, 0.1) is 31.2 Å². The third kappa shape index (κ3) is 3.76. The highest BCUT2D eigenvalue weighted by Crippen LogP contribution is 2.28. The summed E-state index contributed by atoms with van der Waals surface area (Å²) >= 11 is 0. The van der Waals surface area contributed by atoms with E-state index < -0.39 is 5.97 Å². The van der Waals surface area contributed by atoms with Gasteiger partial charge in [-0.15, -0.1) is 0 Å². The van der Waals surface area contributed by atoms with Gasteiger partial charge in [-0.1, -0.05) is 20.8 Å². The van der Waals surface area contributed by atoms with Crippen molar-refractivity contribution in [1.82, 2.24) is 29.5 Å². The molecule has 9 heteroatoms. The summed E-state index contributed by atoms with van der Waals surface area (Å²) in [6, 6.07) is 0. The predicted molar refractivity (Wildman–Crippen MR) is 99.1 cm³/mol. The van der Waals surface area contributed by atoms with Gasteiger partial charge in [-0.25, -0.2) is 14.5 Å². The van der Waals surface area contributed by atoms with Crippen LogP contribution in [-0.2, 0) is 11.3 Å². The second-order valence-corrected chi connectivity index (χ2v) is 7.43. The van der Waals surface area contributed by atoms with Crippen LogP contribution >= 0.6 is 0 Å². The van der Waals surface area contributed by atoms with Gasteiger partial charge in [0.1, 0.15) is 11.0 Å². The van der Waals surface area contributed by atoms with E-state index in [1.165, 1.54) is 17.1 Å². The quantitative estimate of drug-likeness (QED) is 0.635. The Balaban J connectivity index is 2.09. The van der Waals surface area contributed by atoms with Crippen LogP contribution in [0.25, 0.3) is 17.0 Å². The monoisotopic (exact) mass is 372 g/mol. The Hall–Kier alpha value is -2.97. The van der Waals surface area contributed by atoms with Crippen LogP contribution in [0, 0.1) is 12.3 Å². The van der Waals surface area contributed by atoms with Gasteiger partial charge in [-0.3, -0.25) is 4.68 Å². The zero-order chi connectivity index (χ0) is 19.8. The number of esters is 1. The minimum atomic E-state index is -0.439. The third-order valence-corrected chi connectivity index (χ3v) is 3.83. The highest BCUT2D eigenvalue weighted by molar-refractivity contribution is 5.89. The number of nitrogens with zero attached hydrogens (tertiary/aromatic N) is 6. The van der Waals surface area contributed by atoms with Gasteiger partial charge in [0, 0.05) is 12.7 Å². The Morgan fingerprint density at radius 3 is 2.63 bits per heavy atom. The standard InChI is InChI=1S/C18H24N6O3/c1-7-27-16(25)12-8-19-23(9-12)17-20-13-11(2)22-24(10-18(3,4)5)14(13)15(21-17)26-6/h8-9H,7,10H2,1-6H3. The van der Waals surface area contributed by atoms with Crippen LogP contribution in [0.1, 0.15) is 43.7 Å². The van der Waals surface area contributed by atoms with E-state index in [2.05, 4.69) is 40.9 Å². The lowest BCUT2D eigenvalue weighted by atomic mass is 9.97. The SMILES string of the molecule is CCOC(=O)c1cnn(-c2nc(OC)c3c(n2)c(C)nn3CC(C)(C)C)c1. The number of carbonyl (C=O) groups is 1. The van der Waals surface area contributed by atoms with Crippen molar-refractivity contribution in [3.8, 4) is 11.8 Å². The maximum atomic E-state index is 11.9. The van der Waals surface area contributed by atoms with Gasteiger partial charge in [0.15, 0.2) is 0 Å². The van der Waals surface area contributed by atoms with Gasteiger partial charge in [0.25, 0.3) is 5.95 Å². The van der Waals surface area contributed by atoms with E-state index in [-0.39, 0.29) is 5.41 Å². The maximum Gasteiger partial charge on any atom is 0.341 e. The Labute approximate surface area is 157 Å². The van der Waals surface area contributed by atoms with Crippen molar-refractivity contribution in [2.24, 2.45) is 5.41 Å². The number of hydrogen-bond acceptors (Lipinski definition) is 7. The van der Waals surface area contributed by atoms with E-state index in [1.807, 2.05) is 11.6 Å². The number of ether oxygens (including phenoxy) is 2. The molecule has 0 amide bonds. The van der Waals surface area contributed by atoms with Crippen LogP contribution < -0.4 is 4.74 Å². The molecule has 0 bridgehead atoms. The molecule has 0 saturated carbocycles. The van der Waals surface area contributed by atoms with E-state index in [9.17, 15) is 4.79 Å². The first-order valence-electron chi connectivity index (χ1n) is 8.75. The number of aryl methyl sites for hydroxylation is 1. The number of fused-ring (bicyclic) bond motifs is 1. The molecular weight excluding hydrogens is 348 g/mol. The van der Waals surface area contributed by atoms with E-state index in [1.54, 1.807) is 14.0 Å².